The first-order valence-corrected chi connectivity index (χ1v) is 10.4. The molecule has 0 saturated heterocycles. The number of carbonyl (C=O) groups excluding carboxylic acids is 1. The van der Waals surface area contributed by atoms with Gasteiger partial charge in [-0.15, -0.1) is 0 Å². The van der Waals surface area contributed by atoms with Crippen molar-refractivity contribution in [2.45, 2.75) is 62.8 Å². The Labute approximate surface area is 137 Å². The van der Waals surface area contributed by atoms with E-state index in [1.165, 1.54) is 6.26 Å². The lowest BCUT2D eigenvalue weighted by atomic mass is 9.93. The molecular weight excluding hydrogens is 314 g/mol. The summed E-state index contributed by atoms with van der Waals surface area (Å²) in [6, 6.07) is -0.231. The first-order chi connectivity index (χ1) is 10.9. The Morgan fingerprint density at radius 3 is 2.74 bits per heavy atom. The molecule has 0 spiro atoms. The van der Waals surface area contributed by atoms with E-state index < -0.39 is 15.1 Å². The molecule has 1 amide bonds. The number of aryl methyl sites for hydroxylation is 1. The maximum absolute atomic E-state index is 12.9. The molecule has 0 N–H and O–H groups in total. The van der Waals surface area contributed by atoms with Crippen molar-refractivity contribution in [2.75, 3.05) is 13.3 Å². The molecule has 2 heterocycles. The van der Waals surface area contributed by atoms with Crippen molar-refractivity contribution < 1.29 is 13.2 Å². The van der Waals surface area contributed by atoms with Gasteiger partial charge in [-0.1, -0.05) is 12.8 Å². The summed E-state index contributed by atoms with van der Waals surface area (Å²) < 4.78 is 26.1. The van der Waals surface area contributed by atoms with Crippen LogP contribution in [0.5, 0.6) is 0 Å². The third-order valence-electron chi connectivity index (χ3n) is 5.25. The summed E-state index contributed by atoms with van der Waals surface area (Å²) >= 11 is 0. The van der Waals surface area contributed by atoms with Gasteiger partial charge < -0.3 is 4.90 Å². The monoisotopic (exact) mass is 339 g/mol. The van der Waals surface area contributed by atoms with Crippen molar-refractivity contribution in [1.29, 1.82) is 0 Å². The lowest BCUT2D eigenvalue weighted by Crippen LogP contribution is -2.49. The first kappa shape index (κ1) is 16.5. The second-order valence-corrected chi connectivity index (χ2v) is 9.09. The Hall–Kier alpha value is -1.37. The zero-order chi connectivity index (χ0) is 16.6. The molecule has 1 aliphatic carbocycles. The van der Waals surface area contributed by atoms with Crippen LogP contribution in [0.4, 0.5) is 0 Å². The fourth-order valence-electron chi connectivity index (χ4n) is 3.96. The van der Waals surface area contributed by atoms with Crippen LogP contribution in [0, 0.1) is 0 Å². The van der Waals surface area contributed by atoms with Gasteiger partial charge in [0.05, 0.1) is 22.7 Å². The lowest BCUT2D eigenvalue weighted by molar-refractivity contribution is 0.0698. The fraction of sp³-hybridized carbons (Fsp3) is 0.750. The second-order valence-electron chi connectivity index (χ2n) is 6.82. The Morgan fingerprint density at radius 1 is 1.26 bits per heavy atom. The average molecular weight is 339 g/mol. The van der Waals surface area contributed by atoms with E-state index >= 15 is 0 Å². The quantitative estimate of drug-likeness (QED) is 0.839. The molecule has 2 aliphatic rings. The van der Waals surface area contributed by atoms with E-state index in [0.29, 0.717) is 12.0 Å². The highest BCUT2D eigenvalue weighted by atomic mass is 32.2. The molecule has 0 radical (unpaired) electrons. The van der Waals surface area contributed by atoms with E-state index in [-0.39, 0.29) is 11.9 Å². The normalized spacial score (nSPS) is 25.0. The Bertz CT molecular complexity index is 695. The van der Waals surface area contributed by atoms with Crippen LogP contribution in [0.1, 0.15) is 54.6 Å². The number of hydrogen-bond acceptors (Lipinski definition) is 4. The highest BCUT2D eigenvalue weighted by molar-refractivity contribution is 7.91. The summed E-state index contributed by atoms with van der Waals surface area (Å²) in [4.78, 5) is 14.6. The summed E-state index contributed by atoms with van der Waals surface area (Å²) in [6.45, 7) is 0.863. The molecule has 7 heteroatoms. The molecule has 128 valence electrons. The second kappa shape index (κ2) is 6.26. The van der Waals surface area contributed by atoms with Gasteiger partial charge >= 0.3 is 0 Å². The number of rotatable bonds is 3. The molecule has 1 aliphatic heterocycles. The van der Waals surface area contributed by atoms with Gasteiger partial charge in [-0.2, -0.15) is 5.10 Å². The molecule has 3 rings (SSSR count). The predicted octanol–water partition coefficient (Wildman–Crippen LogP) is 1.65. The zero-order valence-corrected chi connectivity index (χ0v) is 14.7. The molecular formula is C16H25N3O3S. The van der Waals surface area contributed by atoms with Gasteiger partial charge in [-0.05, 0) is 32.1 Å². The smallest absolute Gasteiger partial charge is 0.257 e. The van der Waals surface area contributed by atoms with E-state index in [1.807, 2.05) is 4.68 Å². The number of hydrogen-bond donors (Lipinski definition) is 0. The Morgan fingerprint density at radius 2 is 2.00 bits per heavy atom. The van der Waals surface area contributed by atoms with Gasteiger partial charge in [-0.25, -0.2) is 8.42 Å². The molecule has 6 nitrogen and oxygen atoms in total. The van der Waals surface area contributed by atoms with Gasteiger partial charge in [0.1, 0.15) is 0 Å². The zero-order valence-electron chi connectivity index (χ0n) is 13.9. The van der Waals surface area contributed by atoms with Crippen molar-refractivity contribution in [3.05, 3.63) is 17.5 Å². The maximum atomic E-state index is 12.9. The lowest BCUT2D eigenvalue weighted by Gasteiger charge is -2.37. The van der Waals surface area contributed by atoms with Crippen LogP contribution >= 0.6 is 0 Å². The molecule has 0 unspecified atom stereocenters. The van der Waals surface area contributed by atoms with Crippen molar-refractivity contribution in [3.8, 4) is 0 Å². The highest BCUT2D eigenvalue weighted by Crippen LogP contribution is 2.29. The Balaban J connectivity index is 1.85. The third kappa shape index (κ3) is 3.16. The predicted molar refractivity (Wildman–Crippen MR) is 88.1 cm³/mol. The third-order valence-corrected chi connectivity index (χ3v) is 6.90. The average Bonchev–Trinajstić information content (AvgIpc) is 2.96. The van der Waals surface area contributed by atoms with Crippen LogP contribution in [0.2, 0.25) is 0 Å². The van der Waals surface area contributed by atoms with Crippen LogP contribution < -0.4 is 0 Å². The van der Waals surface area contributed by atoms with Crippen LogP contribution in [0.15, 0.2) is 6.20 Å². The van der Waals surface area contributed by atoms with Gasteiger partial charge in [0.15, 0.2) is 9.84 Å². The minimum Gasteiger partial charge on any atom is -0.337 e. The topological polar surface area (TPSA) is 72.3 Å². The molecule has 1 fully saturated rings. The van der Waals surface area contributed by atoms with Gasteiger partial charge in [0, 0.05) is 25.9 Å². The standard InChI is InChI=1S/C16H25N3O3S/c1-18(14-8-3-4-9-15(14)23(2,21)22)16(20)12-11-17-19-10-6-5-7-13(12)19/h11,14-15H,3-10H2,1-2H3/t14-,15+/m1/s1. The largest absolute Gasteiger partial charge is 0.337 e. The highest BCUT2D eigenvalue weighted by Gasteiger charge is 2.38. The molecule has 0 bridgehead atoms. The maximum Gasteiger partial charge on any atom is 0.257 e. The summed E-state index contributed by atoms with van der Waals surface area (Å²) in [5.74, 6) is -0.0892. The number of nitrogens with zero attached hydrogens (tertiary/aromatic N) is 3. The summed E-state index contributed by atoms with van der Waals surface area (Å²) in [6.07, 6.45) is 9.27. The molecule has 23 heavy (non-hydrogen) atoms. The minimum absolute atomic E-state index is 0.0892. The van der Waals surface area contributed by atoms with Gasteiger partial charge in [0.25, 0.3) is 5.91 Å². The minimum atomic E-state index is -3.15. The SMILES string of the molecule is CN(C(=O)c1cnn2c1CCCC2)[C@@H]1CCCC[C@@H]1S(C)(=O)=O. The molecule has 2 atom stereocenters. The van der Waals surface area contributed by atoms with Crippen LogP contribution in [0.3, 0.4) is 0 Å². The van der Waals surface area contributed by atoms with E-state index in [4.69, 9.17) is 0 Å². The molecule has 0 aromatic carbocycles. The van der Waals surface area contributed by atoms with Gasteiger partial charge in [-0.3, -0.25) is 9.48 Å². The number of carbonyl (C=O) groups is 1. The van der Waals surface area contributed by atoms with E-state index in [1.54, 1.807) is 18.1 Å². The van der Waals surface area contributed by atoms with Crippen LogP contribution in [-0.4, -0.2) is 53.6 Å². The first-order valence-electron chi connectivity index (χ1n) is 8.40. The van der Waals surface area contributed by atoms with E-state index in [9.17, 15) is 13.2 Å². The van der Waals surface area contributed by atoms with Crippen molar-refractivity contribution in [1.82, 2.24) is 14.7 Å². The summed E-state index contributed by atoms with van der Waals surface area (Å²) in [5, 5.41) is 3.88. The van der Waals surface area contributed by atoms with Crippen molar-refractivity contribution in [2.24, 2.45) is 0 Å². The summed E-state index contributed by atoms with van der Waals surface area (Å²) in [7, 11) is -1.41. The van der Waals surface area contributed by atoms with Crippen LogP contribution in [-0.2, 0) is 22.8 Å². The van der Waals surface area contributed by atoms with Crippen LogP contribution in [0.25, 0.3) is 0 Å². The number of amides is 1. The number of sulfone groups is 1. The Kier molecular flexibility index (Phi) is 4.49. The van der Waals surface area contributed by atoms with E-state index in [2.05, 4.69) is 5.10 Å². The molecule has 1 aromatic heterocycles. The molecule has 1 saturated carbocycles. The number of aromatic nitrogens is 2. The fourth-order valence-corrected chi connectivity index (χ4v) is 5.44. The van der Waals surface area contributed by atoms with Gasteiger partial charge in [0.2, 0.25) is 0 Å². The van der Waals surface area contributed by atoms with Crippen molar-refractivity contribution in [3.63, 3.8) is 0 Å². The van der Waals surface area contributed by atoms with E-state index in [0.717, 1.165) is 50.8 Å². The summed E-state index contributed by atoms with van der Waals surface area (Å²) in [5.41, 5.74) is 1.64. The van der Waals surface area contributed by atoms with Crippen molar-refractivity contribution >= 4 is 15.7 Å². The number of fused-ring (bicyclic) bond motifs is 1. The molecule has 1 aromatic rings.